The molecule has 5 rings (SSSR count). The standard InChI is InChI=1S/C38H50F2N4O8.H2/c1-4-5-6-7-8-9-10-11-12-13-18-49-37(48)51-24-50-34-32-36(47)43-23-31(38(17-16-26(43)3)20-25(2)42-52-38)44(32)22-29(33(34)45)35(46)41-21-27-14-15-28(39)19-30(27)40;/h14-15,19,22,26,31H,4-13,16-18,20-21,23-24H2,1-3H3,(H,41,46);1H/t26-,31+,38-;/m0./s1. The second kappa shape index (κ2) is 17.8. The van der Waals surface area contributed by atoms with Crippen molar-refractivity contribution in [2.75, 3.05) is 19.9 Å². The first kappa shape index (κ1) is 38.7. The molecule has 3 aliphatic heterocycles. The van der Waals surface area contributed by atoms with E-state index in [0.29, 0.717) is 31.7 Å². The lowest BCUT2D eigenvalue weighted by Gasteiger charge is -2.42. The van der Waals surface area contributed by atoms with Crippen molar-refractivity contribution >= 4 is 23.7 Å². The Morgan fingerprint density at radius 3 is 2.44 bits per heavy atom. The summed E-state index contributed by atoms with van der Waals surface area (Å²) in [6, 6.07) is 2.17. The number of oxime groups is 1. The number of ether oxygens (including phenoxy) is 3. The van der Waals surface area contributed by atoms with Gasteiger partial charge in [-0.05, 0) is 39.2 Å². The molecule has 12 nitrogen and oxygen atoms in total. The van der Waals surface area contributed by atoms with Crippen molar-refractivity contribution in [1.29, 1.82) is 0 Å². The molecule has 1 aromatic heterocycles. The van der Waals surface area contributed by atoms with E-state index >= 15 is 0 Å². The number of aromatic nitrogens is 1. The number of unbranched alkanes of at least 4 members (excludes halogenated alkanes) is 9. The third kappa shape index (κ3) is 9.11. The van der Waals surface area contributed by atoms with Crippen molar-refractivity contribution in [2.45, 2.75) is 128 Å². The molecular formula is C38H52F2N4O8. The van der Waals surface area contributed by atoms with Crippen LogP contribution in [-0.4, -0.2) is 64.7 Å². The Morgan fingerprint density at radius 1 is 1.06 bits per heavy atom. The second-order valence-electron chi connectivity index (χ2n) is 14.1. The lowest BCUT2D eigenvalue weighted by atomic mass is 9.84. The molecule has 0 aliphatic carbocycles. The number of carbonyl (C=O) groups excluding carboxylic acids is 3. The smallest absolute Gasteiger partial charge is 0.451 e. The van der Waals surface area contributed by atoms with Crippen molar-refractivity contribution in [2.24, 2.45) is 5.16 Å². The number of amides is 2. The van der Waals surface area contributed by atoms with Crippen LogP contribution < -0.4 is 15.5 Å². The van der Waals surface area contributed by atoms with Crippen LogP contribution in [0.25, 0.3) is 0 Å². The van der Waals surface area contributed by atoms with Crippen LogP contribution in [0.15, 0.2) is 34.3 Å². The first-order chi connectivity index (χ1) is 25.0. The number of halogens is 2. The summed E-state index contributed by atoms with van der Waals surface area (Å²) in [6.07, 6.45) is 13.2. The molecule has 3 atom stereocenters. The molecule has 0 saturated carbocycles. The summed E-state index contributed by atoms with van der Waals surface area (Å²) in [5, 5.41) is 6.73. The number of nitrogens with zero attached hydrogens (tertiary/aromatic N) is 3. The average molecular weight is 731 g/mol. The van der Waals surface area contributed by atoms with Gasteiger partial charge in [-0.1, -0.05) is 75.9 Å². The Balaban J connectivity index is 0.00000627. The number of pyridine rings is 1. The topological polar surface area (TPSA) is 138 Å². The van der Waals surface area contributed by atoms with Gasteiger partial charge in [0.15, 0.2) is 11.3 Å². The average Bonchev–Trinajstić information content (AvgIpc) is 3.45. The highest BCUT2D eigenvalue weighted by atomic mass is 19.1. The van der Waals surface area contributed by atoms with Crippen molar-refractivity contribution in [3.63, 3.8) is 0 Å². The molecule has 4 heterocycles. The number of fused-ring (bicyclic) bond motifs is 5. The molecule has 1 spiro atoms. The monoisotopic (exact) mass is 730 g/mol. The highest BCUT2D eigenvalue weighted by molar-refractivity contribution is 5.99. The zero-order valence-electron chi connectivity index (χ0n) is 30.3. The third-order valence-electron chi connectivity index (χ3n) is 10.2. The SMILES string of the molecule is CCCCCCCCCCCCOC(=O)OCOc1c2n(cc(C(=O)NCc3ccc(F)cc3F)c1=O)[C@@H]1CN(C2=O)[C@@H](C)CC[C@]12CC(C)=NO2.[HH]. The largest absolute Gasteiger partial charge is 0.511 e. The normalized spacial score (nSPS) is 20.5. The molecule has 1 saturated heterocycles. The second-order valence-corrected chi connectivity index (χ2v) is 14.1. The van der Waals surface area contributed by atoms with Gasteiger partial charge in [-0.2, -0.15) is 0 Å². The lowest BCUT2D eigenvalue weighted by molar-refractivity contribution is -0.0658. The number of benzene rings is 1. The van der Waals surface area contributed by atoms with Crippen LogP contribution in [0, 0.1) is 11.6 Å². The number of rotatable bonds is 17. The highest BCUT2D eigenvalue weighted by Gasteiger charge is 2.54. The van der Waals surface area contributed by atoms with E-state index in [1.54, 1.807) is 4.90 Å². The van der Waals surface area contributed by atoms with Crippen LogP contribution in [0.5, 0.6) is 5.75 Å². The van der Waals surface area contributed by atoms with E-state index in [0.717, 1.165) is 31.0 Å². The summed E-state index contributed by atoms with van der Waals surface area (Å²) in [6.45, 7) is 5.24. The molecule has 1 fully saturated rings. The minimum Gasteiger partial charge on any atom is -0.451 e. The molecule has 2 amide bonds. The van der Waals surface area contributed by atoms with Gasteiger partial charge in [0.05, 0.1) is 18.4 Å². The molecular weight excluding hydrogens is 678 g/mol. The van der Waals surface area contributed by atoms with Crippen LogP contribution in [-0.2, 0) is 20.9 Å². The molecule has 14 heteroatoms. The van der Waals surface area contributed by atoms with Crippen LogP contribution in [0.2, 0.25) is 0 Å². The van der Waals surface area contributed by atoms with E-state index in [2.05, 4.69) is 17.4 Å². The van der Waals surface area contributed by atoms with E-state index in [9.17, 15) is 28.0 Å². The summed E-state index contributed by atoms with van der Waals surface area (Å²) < 4.78 is 45.4. The first-order valence-corrected chi connectivity index (χ1v) is 18.5. The van der Waals surface area contributed by atoms with Gasteiger partial charge in [0.25, 0.3) is 11.8 Å². The fraction of sp³-hybridized carbons (Fsp3) is 0.605. The predicted molar refractivity (Wildman–Crippen MR) is 190 cm³/mol. The Labute approximate surface area is 304 Å². The van der Waals surface area contributed by atoms with Crippen molar-refractivity contribution in [3.05, 3.63) is 63.1 Å². The van der Waals surface area contributed by atoms with Gasteiger partial charge in [-0.15, -0.1) is 0 Å². The summed E-state index contributed by atoms with van der Waals surface area (Å²) >= 11 is 0. The molecule has 1 N–H and O–H groups in total. The van der Waals surface area contributed by atoms with E-state index in [1.807, 2.05) is 13.8 Å². The van der Waals surface area contributed by atoms with Gasteiger partial charge in [-0.3, -0.25) is 14.4 Å². The number of nitrogens with one attached hydrogen (secondary N) is 1. The van der Waals surface area contributed by atoms with Crippen molar-refractivity contribution < 1.29 is 43.6 Å². The van der Waals surface area contributed by atoms with Crippen molar-refractivity contribution in [1.82, 2.24) is 14.8 Å². The van der Waals surface area contributed by atoms with Crippen molar-refractivity contribution in [3.8, 4) is 5.75 Å². The molecule has 3 aliphatic rings. The molecule has 2 aromatic rings. The van der Waals surface area contributed by atoms with Gasteiger partial charge in [0.2, 0.25) is 18.0 Å². The van der Waals surface area contributed by atoms with Crippen LogP contribution >= 0.6 is 0 Å². The molecule has 52 heavy (non-hydrogen) atoms. The summed E-state index contributed by atoms with van der Waals surface area (Å²) in [7, 11) is 0. The Morgan fingerprint density at radius 2 is 1.77 bits per heavy atom. The maximum atomic E-state index is 14.3. The maximum absolute atomic E-state index is 14.3. The third-order valence-corrected chi connectivity index (χ3v) is 10.2. The minimum atomic E-state index is -0.997. The fourth-order valence-corrected chi connectivity index (χ4v) is 7.27. The quantitative estimate of drug-likeness (QED) is 0.101. The number of hydrogen-bond acceptors (Lipinski definition) is 9. The molecule has 1 aromatic carbocycles. The Kier molecular flexibility index (Phi) is 13.3. The first-order valence-electron chi connectivity index (χ1n) is 18.5. The Bertz CT molecular complexity index is 1700. The summed E-state index contributed by atoms with van der Waals surface area (Å²) in [5.74, 6) is -3.49. The highest BCUT2D eigenvalue weighted by Crippen LogP contribution is 2.46. The van der Waals surface area contributed by atoms with E-state index in [1.165, 1.54) is 55.4 Å². The van der Waals surface area contributed by atoms with Crippen LogP contribution in [0.1, 0.15) is 138 Å². The fourth-order valence-electron chi connectivity index (χ4n) is 7.27. The van der Waals surface area contributed by atoms with Crippen LogP contribution in [0.4, 0.5) is 13.6 Å². The zero-order chi connectivity index (χ0) is 37.3. The summed E-state index contributed by atoms with van der Waals surface area (Å²) in [4.78, 5) is 61.6. The van der Waals surface area contributed by atoms with Gasteiger partial charge < -0.3 is 33.8 Å². The predicted octanol–water partition coefficient (Wildman–Crippen LogP) is 7.43. The van der Waals surface area contributed by atoms with Gasteiger partial charge in [0, 0.05) is 44.8 Å². The zero-order valence-corrected chi connectivity index (χ0v) is 30.3. The number of hydrogen-bond donors (Lipinski definition) is 1. The maximum Gasteiger partial charge on any atom is 0.511 e. The van der Waals surface area contributed by atoms with E-state index in [4.69, 9.17) is 19.0 Å². The van der Waals surface area contributed by atoms with Crippen LogP contribution in [0.3, 0.4) is 0 Å². The molecule has 2 bridgehead atoms. The molecule has 0 radical (unpaired) electrons. The van der Waals surface area contributed by atoms with Gasteiger partial charge in [0.1, 0.15) is 17.2 Å². The minimum absolute atomic E-state index is 0. The lowest BCUT2D eigenvalue weighted by Crippen LogP contribution is -2.52. The Hall–Kier alpha value is -4.49. The van der Waals surface area contributed by atoms with Gasteiger partial charge in [-0.25, -0.2) is 13.6 Å². The van der Waals surface area contributed by atoms with Gasteiger partial charge >= 0.3 is 6.16 Å². The summed E-state index contributed by atoms with van der Waals surface area (Å²) in [5.41, 5.74) is -1.54. The molecule has 286 valence electrons. The van der Waals surface area contributed by atoms with E-state index in [-0.39, 0.29) is 38.4 Å². The number of carbonyl (C=O) groups is 3. The van der Waals surface area contributed by atoms with E-state index < -0.39 is 64.8 Å². The molecule has 0 unspecified atom stereocenters.